The molecule has 0 spiro atoms. The lowest BCUT2D eigenvalue weighted by atomic mass is 10.0. The van der Waals surface area contributed by atoms with Crippen molar-refractivity contribution in [1.82, 2.24) is 0 Å². The molecular weight excluding hydrogens is 204 g/mol. The van der Waals surface area contributed by atoms with E-state index in [0.717, 1.165) is 45.4 Å². The molecule has 0 bridgehead atoms. The maximum absolute atomic E-state index is 11.6. The Bertz CT molecular complexity index is 463. The van der Waals surface area contributed by atoms with Gasteiger partial charge in [-0.25, -0.2) is 0 Å². The molecule has 2 saturated heterocycles. The molecule has 0 aromatic heterocycles. The maximum Gasteiger partial charge on any atom is 0.253 e. The first-order chi connectivity index (χ1) is 7.79. The van der Waals surface area contributed by atoms with E-state index in [-0.39, 0.29) is 10.9 Å². The summed E-state index contributed by atoms with van der Waals surface area (Å²) >= 11 is 0. The Labute approximate surface area is 94.2 Å². The minimum Gasteiger partial charge on any atom is -0.366 e. The first-order valence-electron chi connectivity index (χ1n) is 6.12. The van der Waals surface area contributed by atoms with Crippen LogP contribution in [0.4, 0.5) is 11.4 Å². The van der Waals surface area contributed by atoms with E-state index in [0.29, 0.717) is 11.4 Å². The van der Waals surface area contributed by atoms with E-state index < -0.39 is 0 Å². The highest BCUT2D eigenvalue weighted by atomic mass is 16.2. The van der Waals surface area contributed by atoms with Gasteiger partial charge in [-0.05, 0) is 25.7 Å². The second-order valence-electron chi connectivity index (χ2n) is 4.74. The highest BCUT2D eigenvalue weighted by molar-refractivity contribution is 5.77. The molecule has 0 amide bonds. The van der Waals surface area contributed by atoms with Gasteiger partial charge < -0.3 is 9.80 Å². The lowest BCUT2D eigenvalue weighted by molar-refractivity contribution is 0.568. The molecule has 0 radical (unpaired) electrons. The molecule has 0 N–H and O–H groups in total. The van der Waals surface area contributed by atoms with Gasteiger partial charge in [-0.15, -0.1) is 0 Å². The summed E-state index contributed by atoms with van der Waals surface area (Å²) < 4.78 is 0. The van der Waals surface area contributed by atoms with E-state index in [4.69, 9.17) is 0 Å². The largest absolute Gasteiger partial charge is 0.366 e. The predicted octanol–water partition coefficient (Wildman–Crippen LogP) is 0.483. The molecule has 0 atom stereocenters. The van der Waals surface area contributed by atoms with Crippen molar-refractivity contribution in [1.29, 1.82) is 0 Å². The molecule has 2 aliphatic heterocycles. The van der Waals surface area contributed by atoms with Gasteiger partial charge in [0.1, 0.15) is 11.4 Å². The Balaban J connectivity index is 1.90. The monoisotopic (exact) mass is 220 g/mol. The van der Waals surface area contributed by atoms with E-state index in [1.54, 1.807) is 0 Å². The third kappa shape index (κ3) is 1.29. The average Bonchev–Trinajstić information content (AvgIpc) is 2.27. The van der Waals surface area contributed by atoms with Gasteiger partial charge in [-0.2, -0.15) is 0 Å². The van der Waals surface area contributed by atoms with Crippen molar-refractivity contribution in [3.8, 4) is 0 Å². The lowest BCUT2D eigenvalue weighted by Gasteiger charge is -2.38. The molecule has 1 aromatic carbocycles. The van der Waals surface area contributed by atoms with E-state index in [1.165, 1.54) is 6.42 Å². The molecule has 16 heavy (non-hydrogen) atoms. The quantitative estimate of drug-likeness (QED) is 0.680. The predicted molar refractivity (Wildman–Crippen MR) is 64.2 cm³/mol. The Hall–Kier alpha value is -1.32. The third-order valence-electron chi connectivity index (χ3n) is 3.71. The van der Waals surface area contributed by atoms with Crippen LogP contribution in [0.2, 0.25) is 0 Å². The molecule has 4 heteroatoms. The molecule has 1 aromatic rings. The number of hydrogen-bond donors (Lipinski definition) is 0. The van der Waals surface area contributed by atoms with Gasteiger partial charge in [0.25, 0.3) is 10.9 Å². The van der Waals surface area contributed by atoms with Crippen LogP contribution < -0.4 is 20.7 Å². The van der Waals surface area contributed by atoms with Gasteiger partial charge >= 0.3 is 0 Å². The zero-order valence-corrected chi connectivity index (χ0v) is 9.37. The molecule has 3 rings (SSSR count). The van der Waals surface area contributed by atoms with Gasteiger partial charge in [-0.1, -0.05) is 0 Å². The fourth-order valence-corrected chi connectivity index (χ4v) is 2.61. The first kappa shape index (κ1) is 9.87. The Morgan fingerprint density at radius 1 is 0.625 bits per heavy atom. The van der Waals surface area contributed by atoms with Crippen LogP contribution in [-0.2, 0) is 0 Å². The third-order valence-corrected chi connectivity index (χ3v) is 3.71. The van der Waals surface area contributed by atoms with E-state index in [1.807, 2.05) is 4.90 Å². The summed E-state index contributed by atoms with van der Waals surface area (Å²) in [6.07, 6.45) is 4.65. The van der Waals surface area contributed by atoms with Crippen LogP contribution in [-0.4, -0.2) is 26.2 Å². The second kappa shape index (κ2) is 3.61. The molecule has 0 saturated carbocycles. The van der Waals surface area contributed by atoms with E-state index in [9.17, 15) is 9.59 Å². The Kier molecular flexibility index (Phi) is 2.23. The van der Waals surface area contributed by atoms with Crippen LogP contribution in [0.1, 0.15) is 25.7 Å². The molecule has 0 unspecified atom stereocenters. The summed E-state index contributed by atoms with van der Waals surface area (Å²) in [4.78, 5) is 27.4. The smallest absolute Gasteiger partial charge is 0.253 e. The second-order valence-corrected chi connectivity index (χ2v) is 4.74. The van der Waals surface area contributed by atoms with Crippen molar-refractivity contribution in [3.63, 3.8) is 0 Å². The average molecular weight is 220 g/mol. The molecule has 2 fully saturated rings. The molecule has 0 aliphatic carbocycles. The SMILES string of the molecule is O=c1c(N2CCCCC2)c(N2CCC2)c1=O. The standard InChI is InChI=1S/C12H16N2O2/c15-11-9(13-5-2-1-3-6-13)10(12(11)16)14-7-4-8-14/h1-8H2. The maximum atomic E-state index is 11.6. The van der Waals surface area contributed by atoms with Crippen molar-refractivity contribution < 1.29 is 0 Å². The van der Waals surface area contributed by atoms with Crippen LogP contribution in [0, 0.1) is 0 Å². The highest BCUT2D eigenvalue weighted by Gasteiger charge is 2.32. The fourth-order valence-electron chi connectivity index (χ4n) is 2.61. The summed E-state index contributed by atoms with van der Waals surface area (Å²) in [7, 11) is 0. The van der Waals surface area contributed by atoms with Crippen molar-refractivity contribution in [3.05, 3.63) is 20.4 Å². The number of piperidine rings is 1. The fraction of sp³-hybridized carbons (Fsp3) is 0.667. The Morgan fingerprint density at radius 3 is 1.44 bits per heavy atom. The van der Waals surface area contributed by atoms with Gasteiger partial charge in [0, 0.05) is 26.2 Å². The molecule has 4 nitrogen and oxygen atoms in total. The van der Waals surface area contributed by atoms with Crippen LogP contribution in [0.5, 0.6) is 0 Å². The van der Waals surface area contributed by atoms with Crippen molar-refractivity contribution >= 4 is 11.4 Å². The minimum absolute atomic E-state index is 0.260. The van der Waals surface area contributed by atoms with E-state index >= 15 is 0 Å². The van der Waals surface area contributed by atoms with Crippen molar-refractivity contribution in [2.75, 3.05) is 36.0 Å². The topological polar surface area (TPSA) is 40.6 Å². The minimum atomic E-state index is -0.264. The summed E-state index contributed by atoms with van der Waals surface area (Å²) in [5, 5.41) is 0. The molecular formula is C12H16N2O2. The van der Waals surface area contributed by atoms with Crippen LogP contribution >= 0.6 is 0 Å². The molecule has 86 valence electrons. The summed E-state index contributed by atoms with van der Waals surface area (Å²) in [5.74, 6) is 0. The summed E-state index contributed by atoms with van der Waals surface area (Å²) in [6.45, 7) is 3.74. The number of rotatable bonds is 2. The lowest BCUT2D eigenvalue weighted by Crippen LogP contribution is -2.51. The van der Waals surface area contributed by atoms with Gasteiger partial charge in [0.05, 0.1) is 0 Å². The summed E-state index contributed by atoms with van der Waals surface area (Å²) in [6, 6.07) is 0. The van der Waals surface area contributed by atoms with Crippen molar-refractivity contribution in [2.24, 2.45) is 0 Å². The van der Waals surface area contributed by atoms with Gasteiger partial charge in [0.2, 0.25) is 0 Å². The van der Waals surface area contributed by atoms with Crippen LogP contribution in [0.15, 0.2) is 9.59 Å². The normalized spacial score (nSPS) is 21.2. The van der Waals surface area contributed by atoms with E-state index in [2.05, 4.69) is 4.90 Å². The number of nitrogens with zero attached hydrogens (tertiary/aromatic N) is 2. The van der Waals surface area contributed by atoms with Crippen LogP contribution in [0.25, 0.3) is 0 Å². The number of hydrogen-bond acceptors (Lipinski definition) is 4. The zero-order chi connectivity index (χ0) is 11.1. The van der Waals surface area contributed by atoms with Crippen molar-refractivity contribution in [2.45, 2.75) is 25.7 Å². The Morgan fingerprint density at radius 2 is 1.06 bits per heavy atom. The first-order valence-corrected chi connectivity index (χ1v) is 6.12. The summed E-state index contributed by atoms with van der Waals surface area (Å²) in [5.41, 5.74) is 0.895. The number of anilines is 2. The molecule has 2 aliphatic rings. The molecule has 2 heterocycles. The zero-order valence-electron chi connectivity index (χ0n) is 9.37. The van der Waals surface area contributed by atoms with Gasteiger partial charge in [-0.3, -0.25) is 9.59 Å². The van der Waals surface area contributed by atoms with Crippen LogP contribution in [0.3, 0.4) is 0 Å². The van der Waals surface area contributed by atoms with Gasteiger partial charge in [0.15, 0.2) is 0 Å². The highest BCUT2D eigenvalue weighted by Crippen LogP contribution is 2.29.